The first-order chi connectivity index (χ1) is 10.1. The first kappa shape index (κ1) is 15.5. The second-order valence-corrected chi connectivity index (χ2v) is 5.84. The van der Waals surface area contributed by atoms with E-state index in [0.717, 1.165) is 15.6 Å². The number of halogens is 1. The van der Waals surface area contributed by atoms with E-state index in [4.69, 9.17) is 0 Å². The molecule has 0 heterocycles. The summed E-state index contributed by atoms with van der Waals surface area (Å²) in [5.41, 5.74) is 2.13. The van der Waals surface area contributed by atoms with Crippen molar-refractivity contribution in [3.05, 3.63) is 76.3 Å². The zero-order valence-electron chi connectivity index (χ0n) is 12.2. The number of amides is 1. The number of benzene rings is 2. The molecule has 2 nitrogen and oxygen atoms in total. The summed E-state index contributed by atoms with van der Waals surface area (Å²) in [7, 11) is 1.82. The van der Waals surface area contributed by atoms with E-state index in [2.05, 4.69) is 15.9 Å². The maximum absolute atomic E-state index is 12.2. The van der Waals surface area contributed by atoms with E-state index in [1.165, 1.54) is 0 Å². The molecule has 0 aliphatic heterocycles. The van der Waals surface area contributed by atoms with Gasteiger partial charge in [0, 0.05) is 17.6 Å². The molecule has 21 heavy (non-hydrogen) atoms. The van der Waals surface area contributed by atoms with E-state index in [-0.39, 0.29) is 11.9 Å². The Morgan fingerprint density at radius 1 is 1.14 bits per heavy atom. The summed E-state index contributed by atoms with van der Waals surface area (Å²) in [6, 6.07) is 17.9. The highest BCUT2D eigenvalue weighted by atomic mass is 79.9. The summed E-state index contributed by atoms with van der Waals surface area (Å²) < 4.78 is 1.00. The van der Waals surface area contributed by atoms with Gasteiger partial charge in [-0.15, -0.1) is 0 Å². The van der Waals surface area contributed by atoms with Gasteiger partial charge >= 0.3 is 0 Å². The Bertz CT molecular complexity index is 637. The van der Waals surface area contributed by atoms with Gasteiger partial charge in [-0.05, 0) is 36.3 Å². The number of carbonyl (C=O) groups excluding carboxylic acids is 1. The predicted octanol–water partition coefficient (Wildman–Crippen LogP) is 4.68. The Labute approximate surface area is 134 Å². The zero-order valence-corrected chi connectivity index (χ0v) is 13.7. The topological polar surface area (TPSA) is 20.3 Å². The van der Waals surface area contributed by atoms with Crippen LogP contribution in [0.3, 0.4) is 0 Å². The van der Waals surface area contributed by atoms with Gasteiger partial charge in [0.05, 0.1) is 6.04 Å². The second kappa shape index (κ2) is 7.23. The lowest BCUT2D eigenvalue weighted by Gasteiger charge is -2.24. The normalized spacial score (nSPS) is 12.3. The summed E-state index contributed by atoms with van der Waals surface area (Å²) in [4.78, 5) is 14.0. The molecule has 2 rings (SSSR count). The maximum Gasteiger partial charge on any atom is 0.246 e. The molecule has 2 aromatic rings. The monoisotopic (exact) mass is 343 g/mol. The quantitative estimate of drug-likeness (QED) is 0.738. The van der Waals surface area contributed by atoms with Crippen molar-refractivity contribution >= 4 is 27.9 Å². The fraction of sp³-hybridized carbons (Fsp3) is 0.167. The molecule has 108 valence electrons. The van der Waals surface area contributed by atoms with Crippen molar-refractivity contribution in [3.63, 3.8) is 0 Å². The number of carbonyl (C=O) groups is 1. The lowest BCUT2D eigenvalue weighted by atomic mass is 10.1. The molecule has 1 amide bonds. The van der Waals surface area contributed by atoms with Crippen LogP contribution in [0, 0.1) is 0 Å². The van der Waals surface area contributed by atoms with Crippen molar-refractivity contribution < 1.29 is 4.79 Å². The van der Waals surface area contributed by atoms with Gasteiger partial charge in [-0.2, -0.15) is 0 Å². The molecule has 0 fully saturated rings. The SMILES string of the molecule is CC(c1ccccc1)N(C)C(=O)C=Cc1cccc(Br)c1. The van der Waals surface area contributed by atoms with Crippen LogP contribution in [-0.2, 0) is 4.79 Å². The maximum atomic E-state index is 12.2. The number of nitrogens with zero attached hydrogens (tertiary/aromatic N) is 1. The Hall–Kier alpha value is -1.87. The van der Waals surface area contributed by atoms with E-state index in [0.29, 0.717) is 0 Å². The summed E-state index contributed by atoms with van der Waals surface area (Å²) in [5.74, 6) is -0.00803. The molecule has 0 aliphatic carbocycles. The van der Waals surface area contributed by atoms with Gasteiger partial charge in [-0.3, -0.25) is 4.79 Å². The molecular weight excluding hydrogens is 326 g/mol. The van der Waals surface area contributed by atoms with Crippen LogP contribution in [0.1, 0.15) is 24.1 Å². The molecule has 0 aliphatic rings. The first-order valence-corrected chi connectivity index (χ1v) is 7.62. The van der Waals surface area contributed by atoms with E-state index in [1.807, 2.05) is 74.6 Å². The lowest BCUT2D eigenvalue weighted by molar-refractivity contribution is -0.126. The standard InChI is InChI=1S/C18H18BrNO/c1-14(16-8-4-3-5-9-16)20(2)18(21)12-11-15-7-6-10-17(19)13-15/h3-14H,1-2H3. The molecule has 0 N–H and O–H groups in total. The fourth-order valence-corrected chi connectivity index (χ4v) is 2.46. The van der Waals surface area contributed by atoms with Crippen molar-refractivity contribution in [3.8, 4) is 0 Å². The minimum atomic E-state index is -0.00803. The number of hydrogen-bond acceptors (Lipinski definition) is 1. The van der Waals surface area contributed by atoms with Crippen LogP contribution in [-0.4, -0.2) is 17.9 Å². The Balaban J connectivity index is 2.06. The van der Waals surface area contributed by atoms with Crippen LogP contribution in [0.4, 0.5) is 0 Å². The average Bonchev–Trinajstić information content (AvgIpc) is 2.52. The van der Waals surface area contributed by atoms with Gasteiger partial charge in [-0.25, -0.2) is 0 Å². The van der Waals surface area contributed by atoms with Crippen LogP contribution in [0.5, 0.6) is 0 Å². The van der Waals surface area contributed by atoms with Gasteiger partial charge < -0.3 is 4.90 Å². The van der Waals surface area contributed by atoms with Crippen molar-refractivity contribution in [2.75, 3.05) is 7.05 Å². The van der Waals surface area contributed by atoms with Gasteiger partial charge in [-0.1, -0.05) is 58.4 Å². The van der Waals surface area contributed by atoms with Crippen LogP contribution >= 0.6 is 15.9 Å². The molecule has 0 bridgehead atoms. The molecule has 0 spiro atoms. The van der Waals surface area contributed by atoms with Crippen LogP contribution in [0.15, 0.2) is 65.1 Å². The highest BCUT2D eigenvalue weighted by Gasteiger charge is 2.14. The summed E-state index contributed by atoms with van der Waals surface area (Å²) in [6.07, 6.45) is 3.45. The zero-order chi connectivity index (χ0) is 15.2. The molecule has 1 unspecified atom stereocenters. The molecule has 0 aromatic heterocycles. The van der Waals surface area contributed by atoms with Crippen molar-refractivity contribution in [2.45, 2.75) is 13.0 Å². The Morgan fingerprint density at radius 3 is 2.52 bits per heavy atom. The second-order valence-electron chi connectivity index (χ2n) is 4.92. The smallest absolute Gasteiger partial charge is 0.246 e. The van der Waals surface area contributed by atoms with Gasteiger partial charge in [0.1, 0.15) is 0 Å². The third kappa shape index (κ3) is 4.30. The Morgan fingerprint density at radius 2 is 1.86 bits per heavy atom. The minimum Gasteiger partial charge on any atom is -0.335 e. The van der Waals surface area contributed by atoms with Crippen molar-refractivity contribution in [1.82, 2.24) is 4.90 Å². The molecule has 0 saturated heterocycles. The molecular formula is C18H18BrNO. The average molecular weight is 344 g/mol. The first-order valence-electron chi connectivity index (χ1n) is 6.83. The van der Waals surface area contributed by atoms with Crippen molar-refractivity contribution in [1.29, 1.82) is 0 Å². The third-order valence-electron chi connectivity index (χ3n) is 3.48. The van der Waals surface area contributed by atoms with E-state index < -0.39 is 0 Å². The number of hydrogen-bond donors (Lipinski definition) is 0. The molecule has 0 radical (unpaired) electrons. The molecule has 3 heteroatoms. The summed E-state index contributed by atoms with van der Waals surface area (Å²) in [5, 5.41) is 0. The number of likely N-dealkylation sites (N-methyl/N-ethyl adjacent to an activating group) is 1. The minimum absolute atomic E-state index is 0.00803. The van der Waals surface area contributed by atoms with Crippen molar-refractivity contribution in [2.24, 2.45) is 0 Å². The Kier molecular flexibility index (Phi) is 5.34. The highest BCUT2D eigenvalue weighted by Crippen LogP contribution is 2.19. The van der Waals surface area contributed by atoms with Crippen LogP contribution in [0.2, 0.25) is 0 Å². The lowest BCUT2D eigenvalue weighted by Crippen LogP contribution is -2.27. The highest BCUT2D eigenvalue weighted by molar-refractivity contribution is 9.10. The molecule has 2 aromatic carbocycles. The fourth-order valence-electron chi connectivity index (χ4n) is 2.04. The summed E-state index contributed by atoms with van der Waals surface area (Å²) in [6.45, 7) is 2.03. The summed E-state index contributed by atoms with van der Waals surface area (Å²) >= 11 is 3.42. The van der Waals surface area contributed by atoms with E-state index >= 15 is 0 Å². The van der Waals surface area contributed by atoms with Crippen LogP contribution < -0.4 is 0 Å². The molecule has 0 saturated carbocycles. The van der Waals surface area contributed by atoms with Gasteiger partial charge in [0.2, 0.25) is 5.91 Å². The predicted molar refractivity (Wildman–Crippen MR) is 90.8 cm³/mol. The largest absolute Gasteiger partial charge is 0.335 e. The van der Waals surface area contributed by atoms with E-state index in [1.54, 1.807) is 11.0 Å². The van der Waals surface area contributed by atoms with E-state index in [9.17, 15) is 4.79 Å². The third-order valence-corrected chi connectivity index (χ3v) is 3.97. The van der Waals surface area contributed by atoms with Crippen LogP contribution in [0.25, 0.3) is 6.08 Å². The van der Waals surface area contributed by atoms with Gasteiger partial charge in [0.25, 0.3) is 0 Å². The van der Waals surface area contributed by atoms with Gasteiger partial charge in [0.15, 0.2) is 0 Å². The number of rotatable bonds is 4. The molecule has 1 atom stereocenters.